The number of hydrogen-bond acceptors (Lipinski definition) is 4. The van der Waals surface area contributed by atoms with Gasteiger partial charge < -0.3 is 9.47 Å². The van der Waals surface area contributed by atoms with E-state index in [2.05, 4.69) is 17.6 Å². The number of hydrazone groups is 1. The number of carbonyl (C=O) groups is 1. The van der Waals surface area contributed by atoms with Gasteiger partial charge in [-0.05, 0) is 56.2 Å². The summed E-state index contributed by atoms with van der Waals surface area (Å²) in [5, 5.41) is 5.85. The van der Waals surface area contributed by atoms with E-state index < -0.39 is 0 Å². The van der Waals surface area contributed by atoms with Crippen molar-refractivity contribution < 1.29 is 14.3 Å². The van der Waals surface area contributed by atoms with Crippen LogP contribution in [0, 0.1) is 12.3 Å². The van der Waals surface area contributed by atoms with E-state index in [1.165, 1.54) is 5.01 Å². The maximum Gasteiger partial charge on any atom is 0.280 e. The third kappa shape index (κ3) is 4.44. The molecule has 1 amide bonds. The fourth-order valence-corrected chi connectivity index (χ4v) is 3.21. The van der Waals surface area contributed by atoms with E-state index in [9.17, 15) is 4.79 Å². The van der Waals surface area contributed by atoms with Crippen LogP contribution in [-0.4, -0.2) is 24.8 Å². The molecule has 0 unspecified atom stereocenters. The van der Waals surface area contributed by atoms with Gasteiger partial charge in [-0.1, -0.05) is 30.2 Å². The predicted octanol–water partition coefficient (Wildman–Crippen LogP) is 4.63. The molecule has 0 saturated heterocycles. The molecule has 1 aliphatic rings. The topological polar surface area (TPSA) is 51.1 Å². The van der Waals surface area contributed by atoms with Gasteiger partial charge >= 0.3 is 0 Å². The minimum atomic E-state index is -0.172. The van der Waals surface area contributed by atoms with Crippen LogP contribution in [0.15, 0.2) is 65.8 Å². The highest BCUT2D eigenvalue weighted by atomic mass is 16.5. The molecule has 3 rings (SSSR count). The molecule has 0 spiro atoms. The highest BCUT2D eigenvalue weighted by Gasteiger charge is 2.28. The molecule has 1 aliphatic heterocycles. The zero-order valence-corrected chi connectivity index (χ0v) is 17.2. The first-order valence-electron chi connectivity index (χ1n) is 9.72. The Hall–Kier alpha value is -3.78. The van der Waals surface area contributed by atoms with Crippen LogP contribution in [0.4, 0.5) is 5.69 Å². The lowest BCUT2D eigenvalue weighted by Gasteiger charge is -2.16. The maximum absolute atomic E-state index is 13.0. The third-order valence-corrected chi connectivity index (χ3v) is 4.49. The van der Waals surface area contributed by atoms with Crippen molar-refractivity contribution in [2.45, 2.75) is 20.3 Å². The molecule has 2 aromatic carbocycles. The molecule has 0 fully saturated rings. The van der Waals surface area contributed by atoms with Crippen LogP contribution in [0.1, 0.15) is 25.0 Å². The average molecular weight is 400 g/mol. The fourth-order valence-electron chi connectivity index (χ4n) is 3.21. The van der Waals surface area contributed by atoms with Crippen molar-refractivity contribution in [1.82, 2.24) is 0 Å². The maximum atomic E-state index is 13.0. The molecular formula is C25H24N2O3. The van der Waals surface area contributed by atoms with Gasteiger partial charge in [-0.3, -0.25) is 4.79 Å². The second-order valence-electron chi connectivity index (χ2n) is 6.62. The van der Waals surface area contributed by atoms with Gasteiger partial charge in [-0.15, -0.1) is 13.0 Å². The quantitative estimate of drug-likeness (QED) is 0.369. The van der Waals surface area contributed by atoms with Gasteiger partial charge in [0, 0.05) is 5.56 Å². The van der Waals surface area contributed by atoms with Crippen molar-refractivity contribution >= 4 is 23.4 Å². The number of para-hydroxylation sites is 1. The van der Waals surface area contributed by atoms with Crippen molar-refractivity contribution in [3.05, 3.63) is 71.8 Å². The number of allylic oxidation sites excluding steroid dienone is 1. The van der Waals surface area contributed by atoms with Crippen molar-refractivity contribution in [1.29, 1.82) is 0 Å². The predicted molar refractivity (Wildman–Crippen MR) is 121 cm³/mol. The molecule has 1 heterocycles. The summed E-state index contributed by atoms with van der Waals surface area (Å²) in [5.41, 5.74) is 3.61. The number of hydrogen-bond donors (Lipinski definition) is 0. The lowest BCUT2D eigenvalue weighted by atomic mass is 10.0. The van der Waals surface area contributed by atoms with Crippen LogP contribution in [0.25, 0.3) is 6.08 Å². The van der Waals surface area contributed by atoms with Crippen LogP contribution in [0.2, 0.25) is 0 Å². The van der Waals surface area contributed by atoms with E-state index in [0.29, 0.717) is 35.8 Å². The molecule has 152 valence electrons. The van der Waals surface area contributed by atoms with Crippen LogP contribution < -0.4 is 14.5 Å². The van der Waals surface area contributed by atoms with Gasteiger partial charge in [0.05, 0.1) is 23.6 Å². The molecule has 0 atom stereocenters. The SMILES string of the molecule is C#CCOc1c(CC=C)cc(/C=C2/C(=O)N(c3ccccc3)N=C2C)cc1OCC. The van der Waals surface area contributed by atoms with Gasteiger partial charge in [0.25, 0.3) is 5.91 Å². The van der Waals surface area contributed by atoms with Gasteiger partial charge in [-0.2, -0.15) is 10.1 Å². The highest BCUT2D eigenvalue weighted by Crippen LogP contribution is 2.35. The fraction of sp³-hybridized carbons (Fsp3) is 0.200. The molecule has 5 nitrogen and oxygen atoms in total. The van der Waals surface area contributed by atoms with E-state index >= 15 is 0 Å². The molecule has 0 aromatic heterocycles. The summed E-state index contributed by atoms with van der Waals surface area (Å²) in [4.78, 5) is 13.0. The largest absolute Gasteiger partial charge is 0.490 e. The van der Waals surface area contributed by atoms with Crippen LogP contribution in [0.3, 0.4) is 0 Å². The summed E-state index contributed by atoms with van der Waals surface area (Å²) in [7, 11) is 0. The minimum absolute atomic E-state index is 0.140. The third-order valence-electron chi connectivity index (χ3n) is 4.49. The Morgan fingerprint density at radius 3 is 2.67 bits per heavy atom. The van der Waals surface area contributed by atoms with Crippen LogP contribution in [0.5, 0.6) is 11.5 Å². The van der Waals surface area contributed by atoms with Gasteiger partial charge in [-0.25, -0.2) is 0 Å². The molecule has 0 N–H and O–H groups in total. The lowest BCUT2D eigenvalue weighted by Crippen LogP contribution is -2.21. The van der Waals surface area contributed by atoms with Crippen LogP contribution >= 0.6 is 0 Å². The molecule has 0 bridgehead atoms. The average Bonchev–Trinajstić information content (AvgIpc) is 3.02. The standard InChI is InChI=1S/C25H24N2O3/c1-5-11-20-15-19(17-23(29-7-3)24(20)30-14-6-2)16-22-18(4)26-27(25(22)28)21-12-9-8-10-13-21/h2,5,8-10,12-13,15-17H,1,7,11,14H2,3-4H3/b22-16+. The molecule has 30 heavy (non-hydrogen) atoms. The second-order valence-corrected chi connectivity index (χ2v) is 6.62. The first-order chi connectivity index (χ1) is 14.6. The summed E-state index contributed by atoms with van der Waals surface area (Å²) in [6.07, 6.45) is 9.54. The summed E-state index contributed by atoms with van der Waals surface area (Å²) in [6, 6.07) is 13.2. The Morgan fingerprint density at radius 1 is 1.23 bits per heavy atom. The Balaban J connectivity index is 2.02. The van der Waals surface area contributed by atoms with Gasteiger partial charge in [0.2, 0.25) is 0 Å². The minimum Gasteiger partial charge on any atom is -0.490 e. The van der Waals surface area contributed by atoms with Crippen molar-refractivity contribution in [2.75, 3.05) is 18.2 Å². The Bertz CT molecular complexity index is 1050. The molecule has 2 aromatic rings. The Morgan fingerprint density at radius 2 is 2.00 bits per heavy atom. The van der Waals surface area contributed by atoms with E-state index in [1.807, 2.05) is 62.4 Å². The van der Waals surface area contributed by atoms with E-state index in [1.54, 1.807) is 6.08 Å². The number of nitrogens with zero attached hydrogens (tertiary/aromatic N) is 2. The van der Waals surface area contributed by atoms with E-state index in [-0.39, 0.29) is 12.5 Å². The summed E-state index contributed by atoms with van der Waals surface area (Å²) < 4.78 is 11.5. The Labute approximate surface area is 177 Å². The second kappa shape index (κ2) is 9.62. The summed E-state index contributed by atoms with van der Waals surface area (Å²) in [6.45, 7) is 8.16. The number of rotatable bonds is 8. The molecule has 0 aliphatic carbocycles. The van der Waals surface area contributed by atoms with Gasteiger partial charge in [0.15, 0.2) is 11.5 Å². The number of anilines is 1. The van der Waals surface area contributed by atoms with Crippen molar-refractivity contribution in [3.8, 4) is 23.8 Å². The smallest absolute Gasteiger partial charge is 0.280 e. The first kappa shape index (κ1) is 20.9. The zero-order valence-electron chi connectivity index (χ0n) is 17.2. The number of terminal acetylenes is 1. The lowest BCUT2D eigenvalue weighted by molar-refractivity contribution is -0.114. The zero-order chi connectivity index (χ0) is 21.5. The van der Waals surface area contributed by atoms with E-state index in [4.69, 9.17) is 15.9 Å². The highest BCUT2D eigenvalue weighted by molar-refractivity contribution is 6.32. The number of benzene rings is 2. The first-order valence-corrected chi connectivity index (χ1v) is 9.72. The summed E-state index contributed by atoms with van der Waals surface area (Å²) >= 11 is 0. The number of ether oxygens (including phenoxy) is 2. The molecule has 0 saturated carbocycles. The summed E-state index contributed by atoms with van der Waals surface area (Å²) in [5.74, 6) is 3.49. The van der Waals surface area contributed by atoms with Crippen molar-refractivity contribution in [3.63, 3.8) is 0 Å². The monoisotopic (exact) mass is 400 g/mol. The number of amides is 1. The van der Waals surface area contributed by atoms with Gasteiger partial charge in [0.1, 0.15) is 6.61 Å². The normalized spacial score (nSPS) is 14.4. The molecule has 0 radical (unpaired) electrons. The molecular weight excluding hydrogens is 376 g/mol. The van der Waals surface area contributed by atoms with E-state index in [0.717, 1.165) is 16.8 Å². The van der Waals surface area contributed by atoms with Crippen molar-refractivity contribution in [2.24, 2.45) is 5.10 Å². The number of carbonyl (C=O) groups excluding carboxylic acids is 1. The van der Waals surface area contributed by atoms with Crippen LogP contribution in [-0.2, 0) is 11.2 Å². The Kier molecular flexibility index (Phi) is 6.71. The molecule has 5 heteroatoms.